The van der Waals surface area contributed by atoms with Gasteiger partial charge in [-0.15, -0.1) is 6.58 Å². The standard InChI is InChI=1S/C15H19FN4O3S/c1-4-7-18-24(21,22)13-9-11(5-6-12(13)16)15-19-14(20-23-15)8-10(2)17-3/h4-6,9-10,17-18H,1,7-8H2,2-3H3. The first kappa shape index (κ1) is 18.2. The first-order valence-corrected chi connectivity index (χ1v) is 8.76. The van der Waals surface area contributed by atoms with Crippen molar-refractivity contribution in [2.45, 2.75) is 24.3 Å². The van der Waals surface area contributed by atoms with Gasteiger partial charge < -0.3 is 9.84 Å². The highest BCUT2D eigenvalue weighted by molar-refractivity contribution is 7.89. The third-order valence-electron chi connectivity index (χ3n) is 3.34. The fourth-order valence-electron chi connectivity index (χ4n) is 1.92. The molecular weight excluding hydrogens is 335 g/mol. The van der Waals surface area contributed by atoms with Crippen LogP contribution in [0.5, 0.6) is 0 Å². The van der Waals surface area contributed by atoms with Crippen LogP contribution in [0.25, 0.3) is 11.5 Å². The lowest BCUT2D eigenvalue weighted by Gasteiger charge is -2.07. The topological polar surface area (TPSA) is 97.1 Å². The smallest absolute Gasteiger partial charge is 0.257 e. The van der Waals surface area contributed by atoms with Gasteiger partial charge in [0.2, 0.25) is 10.0 Å². The molecule has 0 saturated carbocycles. The van der Waals surface area contributed by atoms with Crippen LogP contribution in [-0.4, -0.2) is 38.2 Å². The van der Waals surface area contributed by atoms with E-state index in [1.165, 1.54) is 18.2 Å². The molecule has 2 aromatic rings. The van der Waals surface area contributed by atoms with Crippen molar-refractivity contribution in [3.63, 3.8) is 0 Å². The summed E-state index contributed by atoms with van der Waals surface area (Å²) in [5.74, 6) is -0.252. The van der Waals surface area contributed by atoms with Crippen LogP contribution in [0.3, 0.4) is 0 Å². The first-order valence-electron chi connectivity index (χ1n) is 7.27. The zero-order valence-electron chi connectivity index (χ0n) is 13.4. The molecule has 0 fully saturated rings. The van der Waals surface area contributed by atoms with E-state index in [4.69, 9.17) is 4.52 Å². The first-order chi connectivity index (χ1) is 11.4. The van der Waals surface area contributed by atoms with Crippen molar-refractivity contribution in [3.05, 3.63) is 42.5 Å². The molecule has 1 atom stereocenters. The molecule has 7 nitrogen and oxygen atoms in total. The summed E-state index contributed by atoms with van der Waals surface area (Å²) in [6, 6.07) is 3.76. The predicted octanol–water partition coefficient (Wildman–Crippen LogP) is 1.49. The summed E-state index contributed by atoms with van der Waals surface area (Å²) in [5, 5.41) is 6.90. The number of hydrogen-bond acceptors (Lipinski definition) is 6. The Morgan fingerprint density at radius 3 is 2.88 bits per heavy atom. The van der Waals surface area contributed by atoms with Crippen molar-refractivity contribution < 1.29 is 17.3 Å². The highest BCUT2D eigenvalue weighted by Gasteiger charge is 2.21. The molecule has 2 N–H and O–H groups in total. The van der Waals surface area contributed by atoms with E-state index >= 15 is 0 Å². The molecule has 0 aliphatic rings. The molecule has 0 aliphatic carbocycles. The number of hydrogen-bond donors (Lipinski definition) is 2. The van der Waals surface area contributed by atoms with Gasteiger partial charge in [0, 0.05) is 24.6 Å². The van der Waals surface area contributed by atoms with Gasteiger partial charge in [-0.1, -0.05) is 11.2 Å². The zero-order chi connectivity index (χ0) is 17.7. The Morgan fingerprint density at radius 2 is 2.21 bits per heavy atom. The van der Waals surface area contributed by atoms with Crippen molar-refractivity contribution >= 4 is 10.0 Å². The Morgan fingerprint density at radius 1 is 1.46 bits per heavy atom. The molecule has 1 heterocycles. The van der Waals surface area contributed by atoms with E-state index in [9.17, 15) is 12.8 Å². The largest absolute Gasteiger partial charge is 0.334 e. The Hall–Kier alpha value is -2.10. The Kier molecular flexibility index (Phi) is 5.81. The lowest BCUT2D eigenvalue weighted by Crippen LogP contribution is -2.24. The minimum absolute atomic E-state index is 0.00138. The van der Waals surface area contributed by atoms with Crippen molar-refractivity contribution in [2.75, 3.05) is 13.6 Å². The highest BCUT2D eigenvalue weighted by atomic mass is 32.2. The summed E-state index contributed by atoms with van der Waals surface area (Å²) in [6.07, 6.45) is 1.92. The predicted molar refractivity (Wildman–Crippen MR) is 87.3 cm³/mol. The Labute approximate surface area is 140 Å². The number of benzene rings is 1. The Bertz CT molecular complexity index is 820. The molecule has 1 aromatic carbocycles. The zero-order valence-corrected chi connectivity index (χ0v) is 14.2. The molecule has 1 aromatic heterocycles. The molecule has 0 spiro atoms. The van der Waals surface area contributed by atoms with Gasteiger partial charge in [0.1, 0.15) is 10.7 Å². The van der Waals surface area contributed by atoms with Crippen molar-refractivity contribution in [1.29, 1.82) is 0 Å². The maximum absolute atomic E-state index is 13.9. The quantitative estimate of drug-likeness (QED) is 0.697. The highest BCUT2D eigenvalue weighted by Crippen LogP contribution is 2.23. The van der Waals surface area contributed by atoms with Crippen LogP contribution in [0.4, 0.5) is 4.39 Å². The third-order valence-corrected chi connectivity index (χ3v) is 4.77. The van der Waals surface area contributed by atoms with Gasteiger partial charge in [-0.25, -0.2) is 17.5 Å². The van der Waals surface area contributed by atoms with Gasteiger partial charge in [-0.3, -0.25) is 0 Å². The summed E-state index contributed by atoms with van der Waals surface area (Å²) >= 11 is 0. The number of aromatic nitrogens is 2. The second-order valence-corrected chi connectivity index (χ2v) is 6.93. The maximum atomic E-state index is 13.9. The van der Waals surface area contributed by atoms with E-state index in [1.807, 2.05) is 14.0 Å². The molecule has 9 heteroatoms. The van der Waals surface area contributed by atoms with Crippen LogP contribution in [0, 0.1) is 5.82 Å². The number of halogens is 1. The third kappa shape index (κ3) is 4.25. The van der Waals surface area contributed by atoms with Crippen LogP contribution in [0.15, 0.2) is 40.3 Å². The number of nitrogens with zero attached hydrogens (tertiary/aromatic N) is 2. The van der Waals surface area contributed by atoms with Gasteiger partial charge in [0.05, 0.1) is 0 Å². The summed E-state index contributed by atoms with van der Waals surface area (Å²) in [4.78, 5) is 3.73. The molecule has 0 radical (unpaired) electrons. The fraction of sp³-hybridized carbons (Fsp3) is 0.333. The van der Waals surface area contributed by atoms with E-state index in [-0.39, 0.29) is 18.5 Å². The minimum Gasteiger partial charge on any atom is -0.334 e. The summed E-state index contributed by atoms with van der Waals surface area (Å²) in [5.41, 5.74) is 0.325. The van der Waals surface area contributed by atoms with E-state index in [0.29, 0.717) is 17.8 Å². The normalized spacial score (nSPS) is 13.0. The molecule has 0 amide bonds. The van der Waals surface area contributed by atoms with Crippen molar-refractivity contribution in [1.82, 2.24) is 20.2 Å². The van der Waals surface area contributed by atoms with E-state index < -0.39 is 20.7 Å². The van der Waals surface area contributed by atoms with Crippen LogP contribution in [0.2, 0.25) is 0 Å². The summed E-state index contributed by atoms with van der Waals surface area (Å²) in [7, 11) is -2.18. The molecule has 24 heavy (non-hydrogen) atoms. The van der Waals surface area contributed by atoms with E-state index in [1.54, 1.807) is 0 Å². The maximum Gasteiger partial charge on any atom is 0.257 e. The van der Waals surface area contributed by atoms with Crippen LogP contribution in [0.1, 0.15) is 12.7 Å². The monoisotopic (exact) mass is 354 g/mol. The lowest BCUT2D eigenvalue weighted by atomic mass is 10.2. The second-order valence-electron chi connectivity index (χ2n) is 5.20. The number of rotatable bonds is 8. The van der Waals surface area contributed by atoms with E-state index in [2.05, 4.69) is 26.8 Å². The summed E-state index contributed by atoms with van der Waals surface area (Å²) < 4.78 is 45.5. The van der Waals surface area contributed by atoms with E-state index in [0.717, 1.165) is 6.07 Å². The molecular formula is C15H19FN4O3S. The fourth-order valence-corrected chi connectivity index (χ4v) is 3.02. The van der Waals surface area contributed by atoms with Gasteiger partial charge in [-0.2, -0.15) is 4.98 Å². The van der Waals surface area contributed by atoms with Crippen LogP contribution in [-0.2, 0) is 16.4 Å². The number of sulfonamides is 1. The molecule has 0 aliphatic heterocycles. The average Bonchev–Trinajstić information content (AvgIpc) is 3.01. The molecule has 0 saturated heterocycles. The molecule has 2 rings (SSSR count). The van der Waals surface area contributed by atoms with Crippen LogP contribution >= 0.6 is 0 Å². The van der Waals surface area contributed by atoms with Gasteiger partial charge >= 0.3 is 0 Å². The molecule has 1 unspecified atom stereocenters. The van der Waals surface area contributed by atoms with Crippen molar-refractivity contribution in [2.24, 2.45) is 0 Å². The number of likely N-dealkylation sites (N-methyl/N-ethyl adjacent to an activating group) is 1. The minimum atomic E-state index is -4.00. The van der Waals surface area contributed by atoms with Crippen molar-refractivity contribution in [3.8, 4) is 11.5 Å². The van der Waals surface area contributed by atoms with Gasteiger partial charge in [0.25, 0.3) is 5.89 Å². The van der Waals surface area contributed by atoms with Crippen LogP contribution < -0.4 is 10.0 Å². The summed E-state index contributed by atoms with van der Waals surface area (Å²) in [6.45, 7) is 5.38. The SMILES string of the molecule is C=CCNS(=O)(=O)c1cc(-c2nc(CC(C)NC)no2)ccc1F. The average molecular weight is 354 g/mol. The molecule has 0 bridgehead atoms. The number of nitrogens with one attached hydrogen (secondary N) is 2. The second kappa shape index (κ2) is 7.65. The lowest BCUT2D eigenvalue weighted by molar-refractivity contribution is 0.418. The van der Waals surface area contributed by atoms with Gasteiger partial charge in [-0.05, 0) is 32.2 Å². The Balaban J connectivity index is 2.33. The molecule has 130 valence electrons. The van der Waals surface area contributed by atoms with Gasteiger partial charge in [0.15, 0.2) is 5.82 Å².